The van der Waals surface area contributed by atoms with E-state index in [0.29, 0.717) is 12.8 Å². The second kappa shape index (κ2) is 43.3. The van der Waals surface area contributed by atoms with E-state index in [4.69, 9.17) is 18.9 Å². The van der Waals surface area contributed by atoms with Crippen LogP contribution in [0.5, 0.6) is 0 Å². The van der Waals surface area contributed by atoms with E-state index in [-0.39, 0.29) is 12.5 Å². The third kappa shape index (κ3) is 29.2. The van der Waals surface area contributed by atoms with Crippen molar-refractivity contribution in [2.45, 2.75) is 331 Å². The summed E-state index contributed by atoms with van der Waals surface area (Å²) in [6.07, 6.45) is 29.5. The molecule has 0 aromatic heterocycles. The maximum Gasteiger partial charge on any atom is 0.220 e. The number of hydrogen-bond acceptors (Lipinski definition) is 13. The van der Waals surface area contributed by atoms with Crippen LogP contribution in [0.1, 0.15) is 258 Å². The predicted molar refractivity (Wildman–Crippen MR) is 277 cm³/mol. The number of aliphatic hydroxyl groups is 8. The summed E-state index contributed by atoms with van der Waals surface area (Å²) in [6, 6.07) is -0.822. The molecule has 2 aliphatic heterocycles. The highest BCUT2D eigenvalue weighted by Crippen LogP contribution is 2.30. The SMILES string of the molecule is CCCCCCCCCCCCCCCCCCCCC(=O)NC(COC1OC(CO)C(OC2OC(CO)C(O)C(O)C2O)C(O)C1O)C(O)CCCCCCCCCCCCCCCCCCCC. The van der Waals surface area contributed by atoms with Crippen molar-refractivity contribution < 1.29 is 64.6 Å². The summed E-state index contributed by atoms with van der Waals surface area (Å²) in [7, 11) is 0. The molecule has 2 rings (SSSR count). The van der Waals surface area contributed by atoms with Gasteiger partial charge in [0.15, 0.2) is 12.6 Å². The number of carbonyl (C=O) groups excluding carboxylic acids is 1. The molecule has 2 fully saturated rings. The van der Waals surface area contributed by atoms with Crippen LogP contribution >= 0.6 is 0 Å². The van der Waals surface area contributed by atoms with Gasteiger partial charge in [0.25, 0.3) is 0 Å². The minimum absolute atomic E-state index is 0.201. The average Bonchev–Trinajstić information content (AvgIpc) is 3.36. The minimum Gasteiger partial charge on any atom is -0.394 e. The van der Waals surface area contributed by atoms with Crippen molar-refractivity contribution in [2.24, 2.45) is 0 Å². The van der Waals surface area contributed by atoms with Crippen LogP contribution in [-0.2, 0) is 23.7 Å². The van der Waals surface area contributed by atoms with Crippen molar-refractivity contribution in [3.8, 4) is 0 Å². The van der Waals surface area contributed by atoms with E-state index < -0.39 is 86.8 Å². The summed E-state index contributed by atoms with van der Waals surface area (Å²) in [5, 5.41) is 87.2. The van der Waals surface area contributed by atoms with Crippen molar-refractivity contribution in [1.82, 2.24) is 5.32 Å². The Bertz CT molecular complexity index is 1180. The molecule has 12 atom stereocenters. The highest BCUT2D eigenvalue weighted by molar-refractivity contribution is 5.76. The molecule has 14 heteroatoms. The average molecular weight is 1000 g/mol. The predicted octanol–water partition coefficient (Wildman–Crippen LogP) is 9.34. The molecular formula is C56H109NO13. The Morgan fingerprint density at radius 3 is 1.21 bits per heavy atom. The van der Waals surface area contributed by atoms with E-state index in [9.17, 15) is 45.6 Å². The molecule has 1 amide bonds. The lowest BCUT2D eigenvalue weighted by molar-refractivity contribution is -0.359. The normalized spacial score (nSPS) is 25.9. The van der Waals surface area contributed by atoms with Gasteiger partial charge in [-0.2, -0.15) is 0 Å². The largest absolute Gasteiger partial charge is 0.394 e. The molecule has 0 aliphatic carbocycles. The lowest BCUT2D eigenvalue weighted by Gasteiger charge is -2.46. The molecule has 0 aromatic rings. The molecule has 0 saturated carbocycles. The van der Waals surface area contributed by atoms with Gasteiger partial charge in [-0.05, 0) is 12.8 Å². The number of amides is 1. The van der Waals surface area contributed by atoms with Gasteiger partial charge in [0.05, 0.1) is 32.0 Å². The summed E-state index contributed by atoms with van der Waals surface area (Å²) < 4.78 is 22.8. The van der Waals surface area contributed by atoms with Crippen LogP contribution in [0, 0.1) is 0 Å². The fourth-order valence-corrected chi connectivity index (χ4v) is 10.1. The Morgan fingerprint density at radius 1 is 0.457 bits per heavy atom. The van der Waals surface area contributed by atoms with Gasteiger partial charge in [0, 0.05) is 6.42 Å². The Labute approximate surface area is 425 Å². The van der Waals surface area contributed by atoms with E-state index in [1.165, 1.54) is 180 Å². The fraction of sp³-hybridized carbons (Fsp3) is 0.982. The fourth-order valence-electron chi connectivity index (χ4n) is 10.1. The summed E-state index contributed by atoms with van der Waals surface area (Å²) in [6.45, 7) is 2.90. The first-order chi connectivity index (χ1) is 34.1. The summed E-state index contributed by atoms with van der Waals surface area (Å²) in [5.41, 5.74) is 0. The van der Waals surface area contributed by atoms with Crippen molar-refractivity contribution in [3.63, 3.8) is 0 Å². The van der Waals surface area contributed by atoms with Crippen molar-refractivity contribution >= 4 is 5.91 Å². The first-order valence-electron chi connectivity index (χ1n) is 29.3. The molecule has 0 bridgehead atoms. The number of unbranched alkanes of at least 4 members (excludes halogenated alkanes) is 34. The Kier molecular flexibility index (Phi) is 40.2. The maximum atomic E-state index is 13.3. The van der Waals surface area contributed by atoms with Gasteiger partial charge in [0.2, 0.25) is 5.91 Å². The number of hydrogen-bond donors (Lipinski definition) is 9. The van der Waals surface area contributed by atoms with E-state index in [0.717, 1.165) is 51.4 Å². The van der Waals surface area contributed by atoms with Crippen LogP contribution < -0.4 is 5.32 Å². The van der Waals surface area contributed by atoms with Gasteiger partial charge in [-0.15, -0.1) is 0 Å². The van der Waals surface area contributed by atoms with Crippen LogP contribution in [0.25, 0.3) is 0 Å². The van der Waals surface area contributed by atoms with Crippen molar-refractivity contribution in [3.05, 3.63) is 0 Å². The first kappa shape index (κ1) is 65.1. The van der Waals surface area contributed by atoms with E-state index in [1.807, 2.05) is 0 Å². The van der Waals surface area contributed by atoms with E-state index in [1.54, 1.807) is 0 Å². The molecule has 2 saturated heterocycles. The zero-order chi connectivity index (χ0) is 51.0. The molecule has 9 N–H and O–H groups in total. The third-order valence-electron chi connectivity index (χ3n) is 14.8. The maximum absolute atomic E-state index is 13.3. The molecule has 2 heterocycles. The minimum atomic E-state index is -1.78. The first-order valence-corrected chi connectivity index (χ1v) is 29.3. The van der Waals surface area contributed by atoms with E-state index in [2.05, 4.69) is 19.2 Å². The number of aliphatic hydroxyl groups excluding tert-OH is 8. The second-order valence-corrected chi connectivity index (χ2v) is 21.1. The molecule has 416 valence electrons. The Morgan fingerprint density at radius 2 is 0.814 bits per heavy atom. The van der Waals surface area contributed by atoms with Gasteiger partial charge in [-0.3, -0.25) is 4.79 Å². The second-order valence-electron chi connectivity index (χ2n) is 21.1. The zero-order valence-electron chi connectivity index (χ0n) is 44.5. The standard InChI is InChI=1S/C56H109NO13/c1-3-5-7-9-11-13-15-17-19-21-23-25-27-29-31-33-35-37-39-45(60)44(57-48(61)40-38-36-34-32-30-28-26-24-22-20-18-16-14-12-10-8-6-4-2)43-67-55-53(66)51(64)54(47(42-59)69-55)70-56-52(65)50(63)49(62)46(41-58)68-56/h44-47,49-56,58-60,62-66H,3-43H2,1-2H3,(H,57,61). The zero-order valence-corrected chi connectivity index (χ0v) is 44.5. The van der Waals surface area contributed by atoms with Crippen LogP contribution in [0.15, 0.2) is 0 Å². The topological polar surface area (TPSA) is 228 Å². The van der Waals surface area contributed by atoms with Crippen LogP contribution in [-0.4, -0.2) is 140 Å². The van der Waals surface area contributed by atoms with Gasteiger partial charge < -0.3 is 65.1 Å². The van der Waals surface area contributed by atoms with Crippen LogP contribution in [0.3, 0.4) is 0 Å². The number of carbonyl (C=O) groups is 1. The highest BCUT2D eigenvalue weighted by Gasteiger charge is 2.51. The molecule has 12 unspecified atom stereocenters. The number of rotatable bonds is 47. The molecule has 0 aromatic carbocycles. The van der Waals surface area contributed by atoms with Crippen LogP contribution in [0.2, 0.25) is 0 Å². The van der Waals surface area contributed by atoms with Crippen molar-refractivity contribution in [1.29, 1.82) is 0 Å². The molecule has 0 spiro atoms. The monoisotopic (exact) mass is 1000 g/mol. The summed E-state index contributed by atoms with van der Waals surface area (Å²) >= 11 is 0. The molecule has 0 radical (unpaired) electrons. The van der Waals surface area contributed by atoms with Gasteiger partial charge in [-0.25, -0.2) is 0 Å². The molecular weight excluding hydrogens is 895 g/mol. The van der Waals surface area contributed by atoms with Gasteiger partial charge >= 0.3 is 0 Å². The number of ether oxygens (including phenoxy) is 4. The summed E-state index contributed by atoms with van der Waals surface area (Å²) in [5.74, 6) is -0.201. The molecule has 14 nitrogen and oxygen atoms in total. The van der Waals surface area contributed by atoms with E-state index >= 15 is 0 Å². The molecule has 2 aliphatic rings. The smallest absolute Gasteiger partial charge is 0.220 e. The third-order valence-corrected chi connectivity index (χ3v) is 14.8. The van der Waals surface area contributed by atoms with Crippen LogP contribution in [0.4, 0.5) is 0 Å². The lowest BCUT2D eigenvalue weighted by atomic mass is 9.97. The number of nitrogens with one attached hydrogen (secondary N) is 1. The van der Waals surface area contributed by atoms with Gasteiger partial charge in [0.1, 0.15) is 48.8 Å². The highest BCUT2D eigenvalue weighted by atomic mass is 16.7. The van der Waals surface area contributed by atoms with Gasteiger partial charge in [-0.1, -0.05) is 239 Å². The Hall–Kier alpha value is -1.01. The van der Waals surface area contributed by atoms with Crippen molar-refractivity contribution in [2.75, 3.05) is 19.8 Å². The molecule has 70 heavy (non-hydrogen) atoms. The quantitative estimate of drug-likeness (QED) is 0.0259. The lowest BCUT2D eigenvalue weighted by Crippen LogP contribution is -2.65. The Balaban J connectivity index is 1.76. The summed E-state index contributed by atoms with van der Waals surface area (Å²) in [4.78, 5) is 13.3.